The Morgan fingerprint density at radius 3 is 2.54 bits per heavy atom. The first-order valence-electron chi connectivity index (χ1n) is 7.20. The van der Waals surface area contributed by atoms with Crippen molar-refractivity contribution in [3.8, 4) is 34.4 Å². The van der Waals surface area contributed by atoms with Crippen molar-refractivity contribution in [1.82, 2.24) is 20.3 Å². The third-order valence-electron chi connectivity index (χ3n) is 3.47. The molecule has 0 fully saturated rings. The van der Waals surface area contributed by atoms with Crippen LogP contribution >= 0.6 is 15.9 Å². The average molecular weight is 383 g/mol. The van der Waals surface area contributed by atoms with Crippen LogP contribution in [0.1, 0.15) is 5.56 Å². The molecule has 0 amide bonds. The van der Waals surface area contributed by atoms with Crippen molar-refractivity contribution in [3.63, 3.8) is 0 Å². The summed E-state index contributed by atoms with van der Waals surface area (Å²) < 4.78 is 11.3. The summed E-state index contributed by atoms with van der Waals surface area (Å²) in [4.78, 5) is 8.65. The van der Waals surface area contributed by atoms with E-state index in [2.05, 4.69) is 36.2 Å². The lowest BCUT2D eigenvalue weighted by atomic mass is 10.1. The third-order valence-corrected chi connectivity index (χ3v) is 4.21. The topological polar surface area (TPSA) is 77.8 Å². The molecule has 118 valence electrons. The molecular formula is C17H11BrN4O2. The Kier molecular flexibility index (Phi) is 3.70. The van der Waals surface area contributed by atoms with E-state index in [-0.39, 0.29) is 5.89 Å². The Balaban J connectivity index is 1.71. The van der Waals surface area contributed by atoms with E-state index in [1.54, 1.807) is 6.20 Å². The Morgan fingerprint density at radius 2 is 1.79 bits per heavy atom. The maximum atomic E-state index is 5.37. The molecule has 4 rings (SSSR count). The minimum absolute atomic E-state index is 0.257. The van der Waals surface area contributed by atoms with Crippen LogP contribution in [0.5, 0.6) is 0 Å². The van der Waals surface area contributed by atoms with Crippen molar-refractivity contribution in [2.75, 3.05) is 0 Å². The van der Waals surface area contributed by atoms with E-state index in [0.29, 0.717) is 27.4 Å². The third kappa shape index (κ3) is 2.63. The molecule has 1 aromatic carbocycles. The van der Waals surface area contributed by atoms with Gasteiger partial charge in [-0.05, 0) is 35.0 Å². The van der Waals surface area contributed by atoms with Crippen molar-refractivity contribution in [2.24, 2.45) is 0 Å². The van der Waals surface area contributed by atoms with E-state index in [4.69, 9.17) is 9.05 Å². The molecule has 0 N–H and O–H groups in total. The highest BCUT2D eigenvalue weighted by molar-refractivity contribution is 9.10. The van der Waals surface area contributed by atoms with Gasteiger partial charge in [0.05, 0.1) is 5.69 Å². The van der Waals surface area contributed by atoms with Gasteiger partial charge in [-0.15, -0.1) is 0 Å². The number of hydrogen-bond acceptors (Lipinski definition) is 6. The van der Waals surface area contributed by atoms with Gasteiger partial charge in [-0.3, -0.25) is 4.98 Å². The summed E-state index contributed by atoms with van der Waals surface area (Å²) in [6, 6.07) is 13.4. The lowest BCUT2D eigenvalue weighted by molar-refractivity contribution is 0.386. The summed E-state index contributed by atoms with van der Waals surface area (Å²) >= 11 is 3.48. The number of halogens is 1. The number of pyridine rings is 1. The van der Waals surface area contributed by atoms with Gasteiger partial charge in [0, 0.05) is 11.8 Å². The predicted molar refractivity (Wildman–Crippen MR) is 90.9 cm³/mol. The van der Waals surface area contributed by atoms with Gasteiger partial charge in [-0.1, -0.05) is 46.2 Å². The maximum absolute atomic E-state index is 5.37. The molecule has 0 spiro atoms. The summed E-state index contributed by atoms with van der Waals surface area (Å²) in [7, 11) is 0. The molecule has 0 unspecified atom stereocenters. The SMILES string of the molecule is Cc1ccc(-c2noc(-c3onc(-c4ccccn4)c3Br)n2)cc1. The number of benzene rings is 1. The first kappa shape index (κ1) is 14.8. The number of aryl methyl sites for hydroxylation is 1. The van der Waals surface area contributed by atoms with Crippen molar-refractivity contribution in [2.45, 2.75) is 6.92 Å². The molecule has 0 aliphatic heterocycles. The van der Waals surface area contributed by atoms with Crippen LogP contribution in [0.25, 0.3) is 34.4 Å². The molecule has 7 heteroatoms. The fourth-order valence-electron chi connectivity index (χ4n) is 2.21. The Labute approximate surface area is 145 Å². The van der Waals surface area contributed by atoms with Gasteiger partial charge in [0.25, 0.3) is 5.89 Å². The molecule has 3 heterocycles. The van der Waals surface area contributed by atoms with Gasteiger partial charge >= 0.3 is 0 Å². The van der Waals surface area contributed by atoms with Gasteiger partial charge in [0.15, 0.2) is 0 Å². The van der Waals surface area contributed by atoms with Crippen LogP contribution in [-0.2, 0) is 0 Å². The zero-order chi connectivity index (χ0) is 16.5. The second kappa shape index (κ2) is 6.01. The van der Waals surface area contributed by atoms with Crippen molar-refractivity contribution in [1.29, 1.82) is 0 Å². The van der Waals surface area contributed by atoms with Crippen LogP contribution in [0.4, 0.5) is 0 Å². The van der Waals surface area contributed by atoms with Crippen molar-refractivity contribution < 1.29 is 9.05 Å². The van der Waals surface area contributed by atoms with Gasteiger partial charge in [-0.25, -0.2) is 0 Å². The van der Waals surface area contributed by atoms with Crippen molar-refractivity contribution in [3.05, 3.63) is 58.7 Å². The molecule has 0 atom stereocenters. The zero-order valence-electron chi connectivity index (χ0n) is 12.6. The molecule has 0 radical (unpaired) electrons. The van der Waals surface area contributed by atoms with Gasteiger partial charge < -0.3 is 9.05 Å². The fourth-order valence-corrected chi connectivity index (χ4v) is 2.73. The first-order valence-corrected chi connectivity index (χ1v) is 7.99. The van der Waals surface area contributed by atoms with Crippen LogP contribution in [0.2, 0.25) is 0 Å². The quantitative estimate of drug-likeness (QED) is 0.518. The Morgan fingerprint density at radius 1 is 0.958 bits per heavy atom. The summed E-state index contributed by atoms with van der Waals surface area (Å²) in [6.45, 7) is 2.02. The van der Waals surface area contributed by atoms with E-state index in [0.717, 1.165) is 5.56 Å². The average Bonchev–Trinajstić information content (AvgIpc) is 3.23. The molecule has 0 saturated heterocycles. The number of aromatic nitrogens is 4. The minimum Gasteiger partial charge on any atom is -0.349 e. The second-order valence-corrected chi connectivity index (χ2v) is 5.97. The first-order chi connectivity index (χ1) is 11.7. The Hall–Kier alpha value is -2.80. The van der Waals surface area contributed by atoms with Crippen LogP contribution < -0.4 is 0 Å². The number of nitrogens with zero attached hydrogens (tertiary/aromatic N) is 4. The highest BCUT2D eigenvalue weighted by atomic mass is 79.9. The monoisotopic (exact) mass is 382 g/mol. The summed E-state index contributed by atoms with van der Waals surface area (Å²) in [5.74, 6) is 1.13. The van der Waals surface area contributed by atoms with E-state index >= 15 is 0 Å². The lowest BCUT2D eigenvalue weighted by Crippen LogP contribution is -1.83. The van der Waals surface area contributed by atoms with E-state index in [1.165, 1.54) is 5.56 Å². The molecule has 3 aromatic heterocycles. The standard InChI is InChI=1S/C17H11BrN4O2/c1-10-5-7-11(8-6-10)16-20-17(24-22-16)15-13(18)14(21-23-15)12-4-2-3-9-19-12/h2-9H,1H3. The number of rotatable bonds is 3. The van der Waals surface area contributed by atoms with Crippen LogP contribution in [0.3, 0.4) is 0 Å². The van der Waals surface area contributed by atoms with Crippen LogP contribution in [0.15, 0.2) is 62.2 Å². The highest BCUT2D eigenvalue weighted by Crippen LogP contribution is 2.35. The highest BCUT2D eigenvalue weighted by Gasteiger charge is 2.22. The zero-order valence-corrected chi connectivity index (χ0v) is 14.2. The van der Waals surface area contributed by atoms with E-state index in [9.17, 15) is 0 Å². The minimum atomic E-state index is 0.257. The van der Waals surface area contributed by atoms with E-state index in [1.807, 2.05) is 49.4 Å². The van der Waals surface area contributed by atoms with Crippen LogP contribution in [-0.4, -0.2) is 20.3 Å². The maximum Gasteiger partial charge on any atom is 0.298 e. The molecule has 0 bridgehead atoms. The molecule has 6 nitrogen and oxygen atoms in total. The largest absolute Gasteiger partial charge is 0.349 e. The fraction of sp³-hybridized carbons (Fsp3) is 0.0588. The molecule has 0 saturated carbocycles. The van der Waals surface area contributed by atoms with Gasteiger partial charge in [0.2, 0.25) is 11.6 Å². The summed E-state index contributed by atoms with van der Waals surface area (Å²) in [5, 5.41) is 8.05. The molecule has 24 heavy (non-hydrogen) atoms. The van der Waals surface area contributed by atoms with E-state index < -0.39 is 0 Å². The van der Waals surface area contributed by atoms with Crippen LogP contribution in [0, 0.1) is 6.92 Å². The number of hydrogen-bond donors (Lipinski definition) is 0. The second-order valence-electron chi connectivity index (χ2n) is 5.18. The molecule has 0 aliphatic rings. The predicted octanol–water partition coefficient (Wildman–Crippen LogP) is 4.52. The summed E-state index contributed by atoms with van der Waals surface area (Å²) in [6.07, 6.45) is 1.69. The lowest BCUT2D eigenvalue weighted by Gasteiger charge is -1.94. The van der Waals surface area contributed by atoms with Gasteiger partial charge in [0.1, 0.15) is 10.2 Å². The normalized spacial score (nSPS) is 10.9. The molecule has 0 aliphatic carbocycles. The smallest absolute Gasteiger partial charge is 0.298 e. The molecule has 4 aromatic rings. The Bertz CT molecular complexity index is 978. The molecular weight excluding hydrogens is 372 g/mol. The summed E-state index contributed by atoms with van der Waals surface area (Å²) in [5.41, 5.74) is 3.31. The van der Waals surface area contributed by atoms with Crippen molar-refractivity contribution >= 4 is 15.9 Å². The van der Waals surface area contributed by atoms with Gasteiger partial charge in [-0.2, -0.15) is 4.98 Å².